The third-order valence-corrected chi connectivity index (χ3v) is 6.22. The molecule has 1 saturated carbocycles. The average molecular weight is 429 g/mol. The number of carbonyl (C=O) groups is 3. The lowest BCUT2D eigenvalue weighted by molar-refractivity contribution is -0.142. The van der Waals surface area contributed by atoms with E-state index in [9.17, 15) is 14.4 Å². The van der Waals surface area contributed by atoms with Crippen LogP contribution in [0.15, 0.2) is 24.3 Å². The van der Waals surface area contributed by atoms with Crippen LogP contribution in [-0.4, -0.2) is 59.7 Å². The zero-order chi connectivity index (χ0) is 22.6. The van der Waals surface area contributed by atoms with Crippen LogP contribution in [0.4, 0.5) is 11.4 Å². The molecule has 1 aromatic carbocycles. The van der Waals surface area contributed by atoms with E-state index >= 15 is 0 Å². The lowest BCUT2D eigenvalue weighted by Gasteiger charge is -2.42. The molecule has 2 N–H and O–H groups in total. The van der Waals surface area contributed by atoms with E-state index in [4.69, 9.17) is 0 Å². The lowest BCUT2D eigenvalue weighted by Crippen LogP contribution is -2.58. The number of amides is 3. The largest absolute Gasteiger partial charge is 0.340 e. The molecule has 1 saturated heterocycles. The number of hydrogen-bond donors (Lipinski definition) is 2. The van der Waals surface area contributed by atoms with E-state index < -0.39 is 0 Å². The van der Waals surface area contributed by atoms with E-state index in [1.165, 1.54) is 19.8 Å². The summed E-state index contributed by atoms with van der Waals surface area (Å²) in [7, 11) is 0. The minimum absolute atomic E-state index is 0.0229. The fourth-order valence-corrected chi connectivity index (χ4v) is 4.69. The maximum atomic E-state index is 13.3. The first-order valence-corrected chi connectivity index (χ1v) is 11.4. The molecule has 1 aliphatic carbocycles. The number of rotatable bonds is 5. The summed E-state index contributed by atoms with van der Waals surface area (Å²) in [6.07, 6.45) is 4.48. The van der Waals surface area contributed by atoms with Crippen molar-refractivity contribution in [1.82, 2.24) is 9.80 Å². The fourth-order valence-electron chi connectivity index (χ4n) is 4.69. The Balaban J connectivity index is 1.66. The number of hydrogen-bond acceptors (Lipinski definition) is 4. The smallest absolute Gasteiger partial charge is 0.242 e. The summed E-state index contributed by atoms with van der Waals surface area (Å²) in [5, 5.41) is 5.82. The van der Waals surface area contributed by atoms with Gasteiger partial charge < -0.3 is 15.5 Å². The van der Waals surface area contributed by atoms with Crippen LogP contribution < -0.4 is 10.6 Å². The Bertz CT molecular complexity index is 786. The van der Waals surface area contributed by atoms with Crippen molar-refractivity contribution in [2.24, 2.45) is 11.3 Å². The summed E-state index contributed by atoms with van der Waals surface area (Å²) in [4.78, 5) is 41.4. The van der Waals surface area contributed by atoms with Gasteiger partial charge in [-0.2, -0.15) is 0 Å². The summed E-state index contributed by atoms with van der Waals surface area (Å²) in [6.45, 7) is 10.1. The van der Waals surface area contributed by atoms with Crippen LogP contribution in [0.2, 0.25) is 0 Å². The van der Waals surface area contributed by atoms with Crippen LogP contribution in [0, 0.1) is 11.3 Å². The molecule has 2 aliphatic rings. The van der Waals surface area contributed by atoms with Crippen molar-refractivity contribution >= 4 is 29.1 Å². The van der Waals surface area contributed by atoms with Crippen LogP contribution in [0.5, 0.6) is 0 Å². The SMILES string of the molecule is CC(=O)Nc1ccc(NC(=O)C(C2CCCC2)N2CCN(C(=O)C(C)(C)C)CC2)cc1. The molecule has 7 nitrogen and oxygen atoms in total. The normalized spacial score (nSPS) is 19.2. The highest BCUT2D eigenvalue weighted by molar-refractivity contribution is 5.95. The molecule has 3 rings (SSSR count). The highest BCUT2D eigenvalue weighted by Gasteiger charge is 2.38. The third-order valence-electron chi connectivity index (χ3n) is 6.22. The molecular formula is C24H36N4O3. The van der Waals surface area contributed by atoms with Crippen LogP contribution >= 0.6 is 0 Å². The first-order chi connectivity index (χ1) is 14.6. The minimum Gasteiger partial charge on any atom is -0.340 e. The second-order valence-electron chi connectivity index (χ2n) is 9.82. The Morgan fingerprint density at radius 2 is 1.42 bits per heavy atom. The van der Waals surface area contributed by atoms with Gasteiger partial charge in [0.25, 0.3) is 0 Å². The summed E-state index contributed by atoms with van der Waals surface area (Å²) in [5.41, 5.74) is 1.05. The molecule has 1 unspecified atom stereocenters. The molecule has 1 aliphatic heterocycles. The van der Waals surface area contributed by atoms with Gasteiger partial charge in [-0.25, -0.2) is 0 Å². The van der Waals surface area contributed by atoms with Crippen molar-refractivity contribution < 1.29 is 14.4 Å². The van der Waals surface area contributed by atoms with E-state index in [-0.39, 0.29) is 29.2 Å². The number of anilines is 2. The molecule has 3 amide bonds. The highest BCUT2D eigenvalue weighted by atomic mass is 16.2. The molecule has 2 fully saturated rings. The molecule has 170 valence electrons. The first-order valence-electron chi connectivity index (χ1n) is 11.4. The summed E-state index contributed by atoms with van der Waals surface area (Å²) in [6, 6.07) is 7.03. The lowest BCUT2D eigenvalue weighted by atomic mass is 9.93. The van der Waals surface area contributed by atoms with Gasteiger partial charge in [0.05, 0.1) is 6.04 Å². The van der Waals surface area contributed by atoms with Gasteiger partial charge in [-0.15, -0.1) is 0 Å². The van der Waals surface area contributed by atoms with Crippen molar-refractivity contribution in [3.05, 3.63) is 24.3 Å². The van der Waals surface area contributed by atoms with Gasteiger partial charge in [-0.1, -0.05) is 33.6 Å². The van der Waals surface area contributed by atoms with Crippen LogP contribution in [0.3, 0.4) is 0 Å². The summed E-state index contributed by atoms with van der Waals surface area (Å²) in [5.74, 6) is 0.425. The predicted molar refractivity (Wildman–Crippen MR) is 123 cm³/mol. The van der Waals surface area contributed by atoms with E-state index in [2.05, 4.69) is 15.5 Å². The zero-order valence-electron chi connectivity index (χ0n) is 19.2. The maximum Gasteiger partial charge on any atom is 0.242 e. The van der Waals surface area contributed by atoms with Gasteiger partial charge in [0, 0.05) is 49.9 Å². The molecule has 0 bridgehead atoms. The topological polar surface area (TPSA) is 81.8 Å². The van der Waals surface area contributed by atoms with E-state index in [1.807, 2.05) is 37.8 Å². The summed E-state index contributed by atoms with van der Waals surface area (Å²) < 4.78 is 0. The third kappa shape index (κ3) is 6.06. The Kier molecular flexibility index (Phi) is 7.36. The van der Waals surface area contributed by atoms with Crippen molar-refractivity contribution in [2.45, 2.75) is 59.4 Å². The molecule has 0 radical (unpaired) electrons. The van der Waals surface area contributed by atoms with Crippen LogP contribution in [-0.2, 0) is 14.4 Å². The van der Waals surface area contributed by atoms with Gasteiger partial charge in [0.15, 0.2) is 0 Å². The Labute approximate surface area is 185 Å². The van der Waals surface area contributed by atoms with Gasteiger partial charge in [-0.3, -0.25) is 19.3 Å². The molecule has 0 aromatic heterocycles. The van der Waals surface area contributed by atoms with E-state index in [0.717, 1.165) is 31.6 Å². The highest BCUT2D eigenvalue weighted by Crippen LogP contribution is 2.32. The van der Waals surface area contributed by atoms with Gasteiger partial charge >= 0.3 is 0 Å². The number of carbonyl (C=O) groups excluding carboxylic acids is 3. The number of piperazine rings is 1. The summed E-state index contributed by atoms with van der Waals surface area (Å²) >= 11 is 0. The second kappa shape index (κ2) is 9.81. The number of nitrogens with one attached hydrogen (secondary N) is 2. The van der Waals surface area contributed by atoms with E-state index in [1.54, 1.807) is 12.1 Å². The Morgan fingerprint density at radius 1 is 0.903 bits per heavy atom. The Hall–Kier alpha value is -2.41. The van der Waals surface area contributed by atoms with Crippen molar-refractivity contribution in [2.75, 3.05) is 36.8 Å². The quantitative estimate of drug-likeness (QED) is 0.754. The van der Waals surface area contributed by atoms with Crippen LogP contribution in [0.25, 0.3) is 0 Å². The maximum absolute atomic E-state index is 13.3. The first kappa shape index (κ1) is 23.3. The monoisotopic (exact) mass is 428 g/mol. The van der Waals surface area contributed by atoms with Gasteiger partial charge in [-0.05, 0) is 43.0 Å². The molecule has 0 spiro atoms. The number of nitrogens with zero attached hydrogens (tertiary/aromatic N) is 2. The van der Waals surface area contributed by atoms with Crippen molar-refractivity contribution in [3.63, 3.8) is 0 Å². The molecule has 1 heterocycles. The van der Waals surface area contributed by atoms with Gasteiger partial charge in [0.2, 0.25) is 17.7 Å². The molecule has 1 atom stereocenters. The van der Waals surface area contributed by atoms with Gasteiger partial charge in [0.1, 0.15) is 0 Å². The molecular weight excluding hydrogens is 392 g/mol. The van der Waals surface area contributed by atoms with Crippen molar-refractivity contribution in [1.29, 1.82) is 0 Å². The molecule has 7 heteroatoms. The second-order valence-corrected chi connectivity index (χ2v) is 9.82. The molecule has 1 aromatic rings. The predicted octanol–water partition coefficient (Wildman–Crippen LogP) is 3.33. The van der Waals surface area contributed by atoms with E-state index in [0.29, 0.717) is 24.7 Å². The van der Waals surface area contributed by atoms with Crippen molar-refractivity contribution in [3.8, 4) is 0 Å². The zero-order valence-corrected chi connectivity index (χ0v) is 19.2. The minimum atomic E-state index is -0.381. The molecule has 31 heavy (non-hydrogen) atoms. The van der Waals surface area contributed by atoms with Crippen LogP contribution in [0.1, 0.15) is 53.4 Å². The number of benzene rings is 1. The fraction of sp³-hybridized carbons (Fsp3) is 0.625. The standard InChI is InChI=1S/C24H36N4O3/c1-17(29)25-19-9-11-20(12-10-19)26-22(30)21(18-7-5-6-8-18)27-13-15-28(16-14-27)23(31)24(2,3)4/h9-12,18,21H,5-8,13-16H2,1-4H3,(H,25,29)(H,26,30). The average Bonchev–Trinajstić information content (AvgIpc) is 3.23. The Morgan fingerprint density at radius 3 is 1.90 bits per heavy atom.